The molecule has 0 aliphatic heterocycles. The highest BCUT2D eigenvalue weighted by Gasteiger charge is 2.11. The zero-order chi connectivity index (χ0) is 18.7. The van der Waals surface area contributed by atoms with Gasteiger partial charge in [0.25, 0.3) is 0 Å². The van der Waals surface area contributed by atoms with Gasteiger partial charge in [-0.3, -0.25) is 4.79 Å². The van der Waals surface area contributed by atoms with Gasteiger partial charge in [-0.1, -0.05) is 47.5 Å². The average Bonchev–Trinajstić information content (AvgIpc) is 2.61. The first-order chi connectivity index (χ1) is 12.5. The van der Waals surface area contributed by atoms with Gasteiger partial charge < -0.3 is 14.6 Å². The van der Waals surface area contributed by atoms with Crippen molar-refractivity contribution in [2.45, 2.75) is 20.4 Å². The number of aromatic nitrogens is 2. The fourth-order valence-electron chi connectivity index (χ4n) is 2.70. The zero-order valence-electron chi connectivity index (χ0n) is 14.9. The number of methoxy groups -OCH3 is 1. The summed E-state index contributed by atoms with van der Waals surface area (Å²) >= 11 is 6.20. The van der Waals surface area contributed by atoms with Crippen LogP contribution in [-0.4, -0.2) is 16.7 Å². The van der Waals surface area contributed by atoms with Gasteiger partial charge in [-0.25, -0.2) is 0 Å². The van der Waals surface area contributed by atoms with Crippen molar-refractivity contribution in [1.82, 2.24) is 9.55 Å². The molecule has 0 aliphatic carbocycles. The topological polar surface area (TPSA) is 56.1 Å². The third-order valence-corrected chi connectivity index (χ3v) is 4.54. The maximum atomic E-state index is 12.2. The highest BCUT2D eigenvalue weighted by molar-refractivity contribution is 6.31. The smallest absolute Gasteiger partial charge is 0.316 e. The summed E-state index contributed by atoms with van der Waals surface area (Å²) in [6.07, 6.45) is 1.67. The van der Waals surface area contributed by atoms with Gasteiger partial charge in [-0.2, -0.15) is 4.98 Å². The average molecular weight is 370 g/mol. The second-order valence-corrected chi connectivity index (χ2v) is 6.50. The fourth-order valence-corrected chi connectivity index (χ4v) is 2.88. The van der Waals surface area contributed by atoms with Crippen LogP contribution in [0.2, 0.25) is 5.02 Å². The summed E-state index contributed by atoms with van der Waals surface area (Å²) in [5.41, 5.74) is 3.54. The lowest BCUT2D eigenvalue weighted by molar-refractivity contribution is 0.402. The number of rotatable bonds is 5. The number of hydrogen-bond donors (Lipinski definition) is 1. The van der Waals surface area contributed by atoms with Crippen molar-refractivity contribution in [3.8, 4) is 5.75 Å². The lowest BCUT2D eigenvalue weighted by atomic mass is 10.1. The normalized spacial score (nSPS) is 10.6. The van der Waals surface area contributed by atoms with Crippen LogP contribution < -0.4 is 15.6 Å². The first-order valence-electron chi connectivity index (χ1n) is 8.21. The van der Waals surface area contributed by atoms with Crippen LogP contribution in [-0.2, 0) is 6.54 Å². The molecular weight excluding hydrogens is 350 g/mol. The minimum Gasteiger partial charge on any atom is -0.490 e. The van der Waals surface area contributed by atoms with E-state index in [4.69, 9.17) is 16.3 Å². The molecule has 6 heteroatoms. The van der Waals surface area contributed by atoms with Crippen LogP contribution >= 0.6 is 11.6 Å². The Morgan fingerprint density at radius 2 is 1.96 bits per heavy atom. The van der Waals surface area contributed by atoms with Crippen molar-refractivity contribution in [2.24, 2.45) is 0 Å². The third-order valence-electron chi connectivity index (χ3n) is 4.13. The monoisotopic (exact) mass is 369 g/mol. The molecule has 2 aromatic carbocycles. The molecule has 0 spiro atoms. The van der Waals surface area contributed by atoms with E-state index in [0.717, 1.165) is 16.8 Å². The molecule has 0 unspecified atom stereocenters. The maximum absolute atomic E-state index is 12.2. The van der Waals surface area contributed by atoms with E-state index in [-0.39, 0.29) is 5.75 Å². The fraction of sp³-hybridized carbons (Fsp3) is 0.200. The molecule has 1 heterocycles. The Labute approximate surface area is 157 Å². The lowest BCUT2D eigenvalue weighted by Gasteiger charge is -2.17. The number of nitrogens with zero attached hydrogens (tertiary/aromatic N) is 2. The molecule has 1 aromatic heterocycles. The van der Waals surface area contributed by atoms with Crippen molar-refractivity contribution in [1.29, 1.82) is 0 Å². The Hall–Kier alpha value is -2.79. The third kappa shape index (κ3) is 3.89. The quantitative estimate of drug-likeness (QED) is 0.728. The minimum atomic E-state index is -0.421. The van der Waals surface area contributed by atoms with Crippen LogP contribution in [0.15, 0.2) is 53.5 Å². The van der Waals surface area contributed by atoms with E-state index in [1.807, 2.05) is 54.8 Å². The van der Waals surface area contributed by atoms with Gasteiger partial charge in [0.15, 0.2) is 0 Å². The van der Waals surface area contributed by atoms with Crippen molar-refractivity contribution in [3.05, 3.63) is 80.7 Å². The van der Waals surface area contributed by atoms with E-state index in [2.05, 4.69) is 16.4 Å². The molecule has 5 nitrogen and oxygen atoms in total. The highest BCUT2D eigenvalue weighted by atomic mass is 35.5. The Morgan fingerprint density at radius 1 is 1.19 bits per heavy atom. The second-order valence-electron chi connectivity index (χ2n) is 6.09. The number of anilines is 2. The minimum absolute atomic E-state index is 0.200. The second kappa shape index (κ2) is 7.62. The van der Waals surface area contributed by atoms with Gasteiger partial charge in [0.1, 0.15) is 0 Å². The molecule has 0 saturated carbocycles. The lowest BCUT2D eigenvalue weighted by Crippen LogP contribution is -2.19. The summed E-state index contributed by atoms with van der Waals surface area (Å²) in [6.45, 7) is 4.51. The number of benzene rings is 2. The van der Waals surface area contributed by atoms with Crippen molar-refractivity contribution >= 4 is 23.2 Å². The molecule has 0 bridgehead atoms. The molecule has 3 rings (SSSR count). The molecule has 0 aliphatic rings. The Balaban J connectivity index is 2.04. The van der Waals surface area contributed by atoms with E-state index < -0.39 is 5.56 Å². The molecule has 1 N–H and O–H groups in total. The van der Waals surface area contributed by atoms with Gasteiger partial charge in [-0.15, -0.1) is 0 Å². The molecule has 3 aromatic rings. The van der Waals surface area contributed by atoms with Gasteiger partial charge >= 0.3 is 5.56 Å². The summed E-state index contributed by atoms with van der Waals surface area (Å²) in [5.74, 6) is 0.633. The highest BCUT2D eigenvalue weighted by Crippen LogP contribution is 2.26. The van der Waals surface area contributed by atoms with Crippen LogP contribution in [0.4, 0.5) is 11.6 Å². The van der Waals surface area contributed by atoms with Crippen LogP contribution in [0.1, 0.15) is 16.7 Å². The first kappa shape index (κ1) is 18.0. The van der Waals surface area contributed by atoms with Gasteiger partial charge in [0.05, 0.1) is 19.9 Å². The summed E-state index contributed by atoms with van der Waals surface area (Å²) in [4.78, 5) is 16.3. The Bertz CT molecular complexity index is 999. The van der Waals surface area contributed by atoms with E-state index in [0.29, 0.717) is 17.5 Å². The van der Waals surface area contributed by atoms with E-state index in [1.165, 1.54) is 12.7 Å². The van der Waals surface area contributed by atoms with Crippen molar-refractivity contribution in [3.63, 3.8) is 0 Å². The predicted octanol–water partition coefficient (Wildman–Crippen LogP) is 4.31. The molecule has 0 amide bonds. The van der Waals surface area contributed by atoms with E-state index >= 15 is 0 Å². The first-order valence-corrected chi connectivity index (χ1v) is 8.59. The summed E-state index contributed by atoms with van der Waals surface area (Å²) in [6, 6.07) is 13.8. The Kier molecular flexibility index (Phi) is 5.28. The standard InChI is InChI=1S/C20H20ClN3O2/c1-13-6-4-7-15(10-13)11-24-12-18(26-3)19(25)23-20(24)22-17-9-5-8-16(21)14(17)2/h4-10,12H,11H2,1-3H3,(H,22,23,25). The molecule has 26 heavy (non-hydrogen) atoms. The van der Waals surface area contributed by atoms with Crippen LogP contribution in [0, 0.1) is 13.8 Å². The molecule has 0 fully saturated rings. The summed E-state index contributed by atoms with van der Waals surface area (Å²) < 4.78 is 7.01. The van der Waals surface area contributed by atoms with Gasteiger partial charge in [0.2, 0.25) is 11.7 Å². The van der Waals surface area contributed by atoms with E-state index in [1.54, 1.807) is 6.20 Å². The maximum Gasteiger partial charge on any atom is 0.316 e. The van der Waals surface area contributed by atoms with Crippen molar-refractivity contribution in [2.75, 3.05) is 12.4 Å². The number of nitrogens with one attached hydrogen (secondary N) is 1. The number of aryl methyl sites for hydroxylation is 1. The molecule has 0 saturated heterocycles. The van der Waals surface area contributed by atoms with Crippen LogP contribution in [0.5, 0.6) is 5.75 Å². The Morgan fingerprint density at radius 3 is 2.69 bits per heavy atom. The summed E-state index contributed by atoms with van der Waals surface area (Å²) in [5, 5.41) is 3.87. The SMILES string of the molecule is COc1cn(Cc2cccc(C)c2)c(Nc2cccc(Cl)c2C)nc1=O. The molecule has 134 valence electrons. The largest absolute Gasteiger partial charge is 0.490 e. The zero-order valence-corrected chi connectivity index (χ0v) is 15.7. The van der Waals surface area contributed by atoms with Crippen LogP contribution in [0.3, 0.4) is 0 Å². The van der Waals surface area contributed by atoms with Crippen molar-refractivity contribution < 1.29 is 4.74 Å². The number of halogens is 1. The molecular formula is C20H20ClN3O2. The molecule has 0 radical (unpaired) electrons. The van der Waals surface area contributed by atoms with E-state index in [9.17, 15) is 4.79 Å². The van der Waals surface area contributed by atoms with Crippen LogP contribution in [0.25, 0.3) is 0 Å². The number of ether oxygens (including phenoxy) is 1. The summed E-state index contributed by atoms with van der Waals surface area (Å²) in [7, 11) is 1.46. The number of hydrogen-bond acceptors (Lipinski definition) is 4. The molecule has 0 atom stereocenters. The van der Waals surface area contributed by atoms with Gasteiger partial charge in [0, 0.05) is 10.7 Å². The predicted molar refractivity (Wildman–Crippen MR) is 105 cm³/mol. The van der Waals surface area contributed by atoms with Gasteiger partial charge in [-0.05, 0) is 37.1 Å².